The van der Waals surface area contributed by atoms with Gasteiger partial charge >= 0.3 is 0 Å². The van der Waals surface area contributed by atoms with E-state index in [0.717, 1.165) is 48.1 Å². The fourth-order valence-electron chi connectivity index (χ4n) is 2.87. The first kappa shape index (κ1) is 18.8. The van der Waals surface area contributed by atoms with E-state index in [1.54, 1.807) is 0 Å². The van der Waals surface area contributed by atoms with E-state index in [9.17, 15) is 4.39 Å². The predicted octanol–water partition coefficient (Wildman–Crippen LogP) is 2.62. The first-order valence-electron chi connectivity index (χ1n) is 8.36. The predicted molar refractivity (Wildman–Crippen MR) is 91.3 cm³/mol. The van der Waals surface area contributed by atoms with Gasteiger partial charge in [-0.3, -0.25) is 9.58 Å². The van der Waals surface area contributed by atoms with Gasteiger partial charge in [0.25, 0.3) is 0 Å². The van der Waals surface area contributed by atoms with Crippen LogP contribution in [-0.4, -0.2) is 58.8 Å². The molecular formula is C16H27BrFN3O2. The Morgan fingerprint density at radius 1 is 1.43 bits per heavy atom. The molecule has 0 aliphatic carbocycles. The van der Waals surface area contributed by atoms with Gasteiger partial charge in [-0.15, -0.1) is 0 Å². The summed E-state index contributed by atoms with van der Waals surface area (Å²) in [5.41, 5.74) is 2.07. The average molecular weight is 392 g/mol. The van der Waals surface area contributed by atoms with Crippen LogP contribution in [0.1, 0.15) is 43.7 Å². The van der Waals surface area contributed by atoms with Crippen molar-refractivity contribution in [2.24, 2.45) is 7.05 Å². The number of unbranched alkanes of at least 4 members (excludes halogenated alkanes) is 1. The summed E-state index contributed by atoms with van der Waals surface area (Å²) in [6.45, 7) is 4.76. The van der Waals surface area contributed by atoms with Crippen LogP contribution in [0.3, 0.4) is 0 Å². The van der Waals surface area contributed by atoms with Crippen LogP contribution in [0.5, 0.6) is 0 Å². The molecule has 2 heterocycles. The van der Waals surface area contributed by atoms with E-state index in [2.05, 4.69) is 32.9 Å². The molecule has 0 radical (unpaired) electrons. The zero-order valence-corrected chi connectivity index (χ0v) is 15.6. The van der Waals surface area contributed by atoms with Crippen LogP contribution in [0.2, 0.25) is 0 Å². The third-order valence-corrected chi connectivity index (χ3v) is 5.12. The van der Waals surface area contributed by atoms with Gasteiger partial charge in [0.15, 0.2) is 0 Å². The molecule has 1 aliphatic rings. The van der Waals surface area contributed by atoms with Gasteiger partial charge in [0.1, 0.15) is 18.0 Å². The molecule has 1 fully saturated rings. The Bertz CT molecular complexity index is 492. The van der Waals surface area contributed by atoms with Crippen LogP contribution in [-0.2, 0) is 18.2 Å². The van der Waals surface area contributed by atoms with E-state index in [1.165, 1.54) is 0 Å². The van der Waals surface area contributed by atoms with Gasteiger partial charge in [0, 0.05) is 39.9 Å². The summed E-state index contributed by atoms with van der Waals surface area (Å²) >= 11 is 3.66. The highest BCUT2D eigenvalue weighted by atomic mass is 79.9. The molecule has 7 heteroatoms. The zero-order valence-electron chi connectivity index (χ0n) is 14.0. The first-order valence-corrected chi connectivity index (χ1v) is 9.16. The molecule has 1 unspecified atom stereocenters. The summed E-state index contributed by atoms with van der Waals surface area (Å²) in [5.74, 6) is 0. The highest BCUT2D eigenvalue weighted by molar-refractivity contribution is 9.10. The van der Waals surface area contributed by atoms with Crippen molar-refractivity contribution in [3.8, 4) is 0 Å². The van der Waals surface area contributed by atoms with Gasteiger partial charge in [-0.05, 0) is 41.6 Å². The maximum absolute atomic E-state index is 12.9. The Labute approximate surface area is 145 Å². The average Bonchev–Trinajstić information content (AvgIpc) is 2.78. The minimum Gasteiger partial charge on any atom is -0.396 e. The molecule has 1 atom stereocenters. The summed E-state index contributed by atoms with van der Waals surface area (Å²) in [7, 11) is 1.94. The van der Waals surface area contributed by atoms with Crippen LogP contribution >= 0.6 is 15.9 Å². The second-order valence-electron chi connectivity index (χ2n) is 6.06. The normalized spacial score (nSPS) is 17.4. The van der Waals surface area contributed by atoms with Crippen LogP contribution in [0.15, 0.2) is 4.47 Å². The molecular weight excluding hydrogens is 365 g/mol. The summed E-state index contributed by atoms with van der Waals surface area (Å²) in [5, 5.41) is 13.5. The molecule has 0 bridgehead atoms. The maximum Gasteiger partial charge on any atom is 0.125 e. The Kier molecular flexibility index (Phi) is 7.46. The number of alkyl halides is 1. The molecule has 23 heavy (non-hydrogen) atoms. The summed E-state index contributed by atoms with van der Waals surface area (Å²) < 4.78 is 21.9. The number of aliphatic hydroxyl groups excluding tert-OH is 1. The molecule has 1 N–H and O–H groups in total. The van der Waals surface area contributed by atoms with Gasteiger partial charge in [0.05, 0.1) is 10.2 Å². The molecule has 1 aromatic rings. The van der Waals surface area contributed by atoms with Gasteiger partial charge in [-0.25, -0.2) is 4.39 Å². The Balaban J connectivity index is 1.99. The fourth-order valence-corrected chi connectivity index (χ4v) is 3.74. The van der Waals surface area contributed by atoms with Gasteiger partial charge in [-0.1, -0.05) is 6.92 Å². The third kappa shape index (κ3) is 4.98. The quantitative estimate of drug-likeness (QED) is 0.622. The van der Waals surface area contributed by atoms with E-state index in [0.29, 0.717) is 19.7 Å². The van der Waals surface area contributed by atoms with Crippen molar-refractivity contribution < 1.29 is 14.2 Å². The minimum atomic E-state index is -0.674. The van der Waals surface area contributed by atoms with Crippen molar-refractivity contribution in [1.82, 2.24) is 14.7 Å². The Morgan fingerprint density at radius 2 is 2.17 bits per heavy atom. The number of rotatable bonds is 10. The molecule has 2 rings (SSSR count). The number of likely N-dealkylation sites (tertiary alicyclic amines) is 1. The van der Waals surface area contributed by atoms with E-state index in [-0.39, 0.29) is 12.7 Å². The fraction of sp³-hybridized carbons (Fsp3) is 0.812. The maximum atomic E-state index is 12.9. The second-order valence-corrected chi connectivity index (χ2v) is 6.85. The third-order valence-electron chi connectivity index (χ3n) is 4.26. The van der Waals surface area contributed by atoms with Gasteiger partial charge in [0.2, 0.25) is 0 Å². The highest BCUT2D eigenvalue weighted by Gasteiger charge is 2.28. The number of hydrogen-bond donors (Lipinski definition) is 1. The van der Waals surface area contributed by atoms with Crippen molar-refractivity contribution in [2.75, 3.05) is 32.8 Å². The monoisotopic (exact) mass is 391 g/mol. The lowest BCUT2D eigenvalue weighted by Gasteiger charge is -2.35. The number of aryl methyl sites for hydroxylation is 1. The Morgan fingerprint density at radius 3 is 2.74 bits per heavy atom. The number of hydrogen-bond acceptors (Lipinski definition) is 4. The standard InChI is InChI=1S/C16H27BrFN3O2/c1-3-13-15(17)16(19-20(13)2)14(23-9-5-4-8-22)6-7-21-10-12(18)11-21/h12,14,22H,3-11H2,1-2H3. The molecule has 5 nitrogen and oxygen atoms in total. The van der Waals surface area contributed by atoms with Crippen molar-refractivity contribution >= 4 is 15.9 Å². The van der Waals surface area contributed by atoms with E-state index >= 15 is 0 Å². The number of aliphatic hydroxyl groups is 1. The van der Waals surface area contributed by atoms with Crippen molar-refractivity contribution in [2.45, 2.75) is 44.9 Å². The van der Waals surface area contributed by atoms with E-state index in [4.69, 9.17) is 9.84 Å². The molecule has 0 amide bonds. The molecule has 0 aromatic carbocycles. The van der Waals surface area contributed by atoms with Crippen molar-refractivity contribution in [1.29, 1.82) is 0 Å². The SMILES string of the molecule is CCc1c(Br)c(C(CCN2CC(F)C2)OCCCCO)nn1C. The molecule has 0 saturated carbocycles. The van der Waals surface area contributed by atoms with E-state index in [1.807, 2.05) is 11.7 Å². The van der Waals surface area contributed by atoms with Crippen LogP contribution in [0.25, 0.3) is 0 Å². The lowest BCUT2D eigenvalue weighted by Crippen LogP contribution is -2.48. The smallest absolute Gasteiger partial charge is 0.125 e. The molecule has 1 aromatic heterocycles. The molecule has 1 saturated heterocycles. The second kappa shape index (κ2) is 9.11. The number of ether oxygens (including phenoxy) is 1. The highest BCUT2D eigenvalue weighted by Crippen LogP contribution is 2.31. The van der Waals surface area contributed by atoms with Crippen LogP contribution in [0, 0.1) is 0 Å². The lowest BCUT2D eigenvalue weighted by atomic mass is 10.1. The van der Waals surface area contributed by atoms with Crippen LogP contribution < -0.4 is 0 Å². The molecule has 0 spiro atoms. The largest absolute Gasteiger partial charge is 0.396 e. The minimum absolute atomic E-state index is 0.103. The van der Waals surface area contributed by atoms with Crippen molar-refractivity contribution in [3.05, 3.63) is 15.9 Å². The van der Waals surface area contributed by atoms with Crippen molar-refractivity contribution in [3.63, 3.8) is 0 Å². The zero-order chi connectivity index (χ0) is 16.8. The summed E-state index contributed by atoms with van der Waals surface area (Å²) in [6, 6.07) is 0. The van der Waals surface area contributed by atoms with Gasteiger partial charge in [-0.2, -0.15) is 5.10 Å². The number of halogens is 2. The molecule has 132 valence electrons. The van der Waals surface area contributed by atoms with Crippen LogP contribution in [0.4, 0.5) is 4.39 Å². The van der Waals surface area contributed by atoms with E-state index < -0.39 is 6.17 Å². The first-order chi connectivity index (χ1) is 11.1. The summed E-state index contributed by atoms with van der Waals surface area (Å²) in [6.07, 6.45) is 2.49. The number of aromatic nitrogens is 2. The number of nitrogens with zero attached hydrogens (tertiary/aromatic N) is 3. The van der Waals surface area contributed by atoms with Gasteiger partial charge < -0.3 is 9.84 Å². The summed E-state index contributed by atoms with van der Waals surface area (Å²) in [4.78, 5) is 2.10. The lowest BCUT2D eigenvalue weighted by molar-refractivity contribution is 0.0110. The molecule has 1 aliphatic heterocycles. The topological polar surface area (TPSA) is 50.5 Å². The Hall–Kier alpha value is -0.500.